The minimum absolute atomic E-state index is 0.273. The van der Waals surface area contributed by atoms with E-state index in [0.717, 1.165) is 34.7 Å². The van der Waals surface area contributed by atoms with Gasteiger partial charge in [-0.1, -0.05) is 19.1 Å². The highest BCUT2D eigenvalue weighted by Crippen LogP contribution is 2.43. The van der Waals surface area contributed by atoms with Gasteiger partial charge in [0.05, 0.1) is 45.6 Å². The molecule has 1 unspecified atom stereocenters. The van der Waals surface area contributed by atoms with Gasteiger partial charge in [-0.25, -0.2) is 0 Å². The zero-order chi connectivity index (χ0) is 30.6. The molecule has 0 spiro atoms. The third-order valence-corrected chi connectivity index (χ3v) is 7.73. The predicted octanol–water partition coefficient (Wildman–Crippen LogP) is 6.29. The quantitative estimate of drug-likeness (QED) is 0.281. The standard InChI is InChI=1S/C32H37F3N2O5/c1-19-14-23(39-3)7-8-24(19)31-25-18-29(42-13-11-21-6-9-27(40-4)26(36)16-21)28(41-5)17-22(25)10-12-37(31)30(38)15-20(2)32(33,34)35/h6-9,14,16-18,20,31H,10-13,15,36H2,1-5H3/t20-,31?/m1/s1. The largest absolute Gasteiger partial charge is 0.497 e. The van der Waals surface area contributed by atoms with Crippen molar-refractivity contribution in [2.75, 3.05) is 40.2 Å². The van der Waals surface area contributed by atoms with Crippen LogP contribution in [0.1, 0.15) is 47.2 Å². The lowest BCUT2D eigenvalue weighted by atomic mass is 9.85. The van der Waals surface area contributed by atoms with E-state index >= 15 is 0 Å². The van der Waals surface area contributed by atoms with Gasteiger partial charge in [0.1, 0.15) is 11.5 Å². The summed E-state index contributed by atoms with van der Waals surface area (Å²) in [5.41, 5.74) is 10.9. The summed E-state index contributed by atoms with van der Waals surface area (Å²) in [6.45, 7) is 3.53. The number of nitrogens with zero attached hydrogens (tertiary/aromatic N) is 1. The van der Waals surface area contributed by atoms with E-state index in [1.165, 1.54) is 0 Å². The lowest BCUT2D eigenvalue weighted by Crippen LogP contribution is -2.42. The maximum atomic E-state index is 13.4. The van der Waals surface area contributed by atoms with Gasteiger partial charge in [-0.05, 0) is 77.6 Å². The lowest BCUT2D eigenvalue weighted by Gasteiger charge is -2.39. The van der Waals surface area contributed by atoms with Crippen molar-refractivity contribution in [2.24, 2.45) is 5.92 Å². The van der Waals surface area contributed by atoms with Crippen molar-refractivity contribution in [3.05, 3.63) is 76.3 Å². The second-order valence-electron chi connectivity index (χ2n) is 10.5. The molecule has 42 heavy (non-hydrogen) atoms. The molecular weight excluding hydrogens is 549 g/mol. The van der Waals surface area contributed by atoms with Crippen molar-refractivity contribution in [3.8, 4) is 23.0 Å². The number of nitrogens with two attached hydrogens (primary N) is 1. The molecule has 2 N–H and O–H groups in total. The Kier molecular flexibility index (Phi) is 9.43. The van der Waals surface area contributed by atoms with Gasteiger partial charge in [-0.3, -0.25) is 4.79 Å². The number of amides is 1. The minimum Gasteiger partial charge on any atom is -0.497 e. The molecule has 3 aromatic rings. The molecule has 0 saturated heterocycles. The summed E-state index contributed by atoms with van der Waals surface area (Å²) in [6.07, 6.45) is -4.06. The van der Waals surface area contributed by atoms with Crippen LogP contribution < -0.4 is 24.7 Å². The highest BCUT2D eigenvalue weighted by Gasteiger charge is 2.40. The number of alkyl halides is 3. The zero-order valence-electron chi connectivity index (χ0n) is 24.5. The molecule has 1 amide bonds. The Hall–Kier alpha value is -4.08. The van der Waals surface area contributed by atoms with Crippen LogP contribution in [0.4, 0.5) is 18.9 Å². The molecule has 3 aromatic carbocycles. The number of methoxy groups -OCH3 is 3. The molecule has 1 heterocycles. The van der Waals surface area contributed by atoms with Gasteiger partial charge in [-0.2, -0.15) is 13.2 Å². The van der Waals surface area contributed by atoms with Gasteiger partial charge in [0, 0.05) is 19.4 Å². The van der Waals surface area contributed by atoms with E-state index in [1.54, 1.807) is 38.4 Å². The van der Waals surface area contributed by atoms with Crippen LogP contribution in [-0.4, -0.2) is 51.5 Å². The smallest absolute Gasteiger partial charge is 0.392 e. The van der Waals surface area contributed by atoms with Crippen LogP contribution in [0.2, 0.25) is 0 Å². The fraction of sp³-hybridized carbons (Fsp3) is 0.406. The van der Waals surface area contributed by atoms with Gasteiger partial charge in [0.2, 0.25) is 5.91 Å². The van der Waals surface area contributed by atoms with E-state index in [4.69, 9.17) is 24.7 Å². The van der Waals surface area contributed by atoms with Crippen LogP contribution in [0, 0.1) is 12.8 Å². The molecule has 2 atom stereocenters. The molecule has 1 aliphatic rings. The summed E-state index contributed by atoms with van der Waals surface area (Å²) < 4.78 is 62.6. The van der Waals surface area contributed by atoms with Crippen molar-refractivity contribution in [1.82, 2.24) is 4.90 Å². The van der Waals surface area contributed by atoms with Crippen LogP contribution in [0.3, 0.4) is 0 Å². The SMILES string of the molecule is COc1ccc(C2c3cc(OCCc4ccc(OC)c(N)c4)c(OC)cc3CCN2C(=O)C[C@@H](C)C(F)(F)F)c(C)c1. The average molecular weight is 587 g/mol. The Morgan fingerprint density at radius 1 is 0.976 bits per heavy atom. The number of halogens is 3. The molecule has 0 radical (unpaired) electrons. The topological polar surface area (TPSA) is 83.2 Å². The number of fused-ring (bicyclic) bond motifs is 1. The summed E-state index contributed by atoms with van der Waals surface area (Å²) in [6, 6.07) is 14.2. The van der Waals surface area contributed by atoms with Crippen molar-refractivity contribution < 1.29 is 36.9 Å². The maximum Gasteiger partial charge on any atom is 0.392 e. The van der Waals surface area contributed by atoms with Gasteiger partial charge >= 0.3 is 6.18 Å². The fourth-order valence-electron chi connectivity index (χ4n) is 5.30. The average Bonchev–Trinajstić information content (AvgIpc) is 2.95. The summed E-state index contributed by atoms with van der Waals surface area (Å²) in [5.74, 6) is -0.0502. The molecule has 0 bridgehead atoms. The van der Waals surface area contributed by atoms with Crippen LogP contribution in [-0.2, 0) is 17.6 Å². The lowest BCUT2D eigenvalue weighted by molar-refractivity contribution is -0.177. The number of ether oxygens (including phenoxy) is 4. The van der Waals surface area contributed by atoms with Crippen molar-refractivity contribution >= 4 is 11.6 Å². The molecule has 0 aliphatic carbocycles. The van der Waals surface area contributed by atoms with E-state index in [0.29, 0.717) is 48.1 Å². The number of anilines is 1. The number of benzene rings is 3. The van der Waals surface area contributed by atoms with E-state index in [9.17, 15) is 18.0 Å². The Labute approximate surface area is 244 Å². The van der Waals surface area contributed by atoms with Crippen LogP contribution in [0.25, 0.3) is 0 Å². The molecule has 10 heteroatoms. The summed E-state index contributed by atoms with van der Waals surface area (Å²) in [7, 11) is 4.68. The maximum absolute atomic E-state index is 13.4. The Bertz CT molecular complexity index is 1430. The second-order valence-corrected chi connectivity index (χ2v) is 10.5. The van der Waals surface area contributed by atoms with Gasteiger partial charge in [-0.15, -0.1) is 0 Å². The molecular formula is C32H37F3N2O5. The third kappa shape index (κ3) is 6.69. The Morgan fingerprint density at radius 2 is 1.71 bits per heavy atom. The summed E-state index contributed by atoms with van der Waals surface area (Å²) in [4.78, 5) is 15.0. The molecule has 1 aliphatic heterocycles. The first-order valence-corrected chi connectivity index (χ1v) is 13.7. The monoisotopic (exact) mass is 586 g/mol. The summed E-state index contributed by atoms with van der Waals surface area (Å²) in [5, 5.41) is 0. The van der Waals surface area contributed by atoms with Crippen molar-refractivity contribution in [2.45, 2.75) is 45.3 Å². The number of hydrogen-bond donors (Lipinski definition) is 1. The summed E-state index contributed by atoms with van der Waals surface area (Å²) >= 11 is 0. The second kappa shape index (κ2) is 12.8. The molecule has 4 rings (SSSR count). The predicted molar refractivity (Wildman–Crippen MR) is 154 cm³/mol. The first-order chi connectivity index (χ1) is 20.0. The number of rotatable bonds is 10. The minimum atomic E-state index is -4.46. The number of aryl methyl sites for hydroxylation is 1. The Balaban J connectivity index is 1.69. The number of nitrogen functional groups attached to an aromatic ring is 1. The molecule has 7 nitrogen and oxygen atoms in total. The van der Waals surface area contributed by atoms with E-state index in [2.05, 4.69) is 0 Å². The van der Waals surface area contributed by atoms with Crippen LogP contribution in [0.15, 0.2) is 48.5 Å². The molecule has 226 valence electrons. The van der Waals surface area contributed by atoms with E-state index < -0.39 is 30.5 Å². The van der Waals surface area contributed by atoms with Crippen LogP contribution in [0.5, 0.6) is 23.0 Å². The van der Waals surface area contributed by atoms with Gasteiger partial charge < -0.3 is 29.6 Å². The number of carbonyl (C=O) groups excluding carboxylic acids is 1. The van der Waals surface area contributed by atoms with Crippen molar-refractivity contribution in [3.63, 3.8) is 0 Å². The molecule has 0 fully saturated rings. The first kappa shape index (κ1) is 30.9. The molecule has 0 aromatic heterocycles. The van der Waals surface area contributed by atoms with Gasteiger partial charge in [0.25, 0.3) is 0 Å². The van der Waals surface area contributed by atoms with E-state index in [-0.39, 0.29) is 6.54 Å². The van der Waals surface area contributed by atoms with E-state index in [1.807, 2.05) is 43.3 Å². The highest BCUT2D eigenvalue weighted by molar-refractivity contribution is 5.78. The van der Waals surface area contributed by atoms with Crippen LogP contribution >= 0.6 is 0 Å². The van der Waals surface area contributed by atoms with Crippen molar-refractivity contribution in [1.29, 1.82) is 0 Å². The van der Waals surface area contributed by atoms with Gasteiger partial charge in [0.15, 0.2) is 11.5 Å². The normalized spacial score (nSPS) is 15.5. The first-order valence-electron chi connectivity index (χ1n) is 13.7. The molecule has 0 saturated carbocycles. The Morgan fingerprint density at radius 3 is 2.33 bits per heavy atom. The zero-order valence-corrected chi connectivity index (χ0v) is 24.5. The third-order valence-electron chi connectivity index (χ3n) is 7.73. The number of hydrogen-bond acceptors (Lipinski definition) is 6. The fourth-order valence-corrected chi connectivity index (χ4v) is 5.30. The number of carbonyl (C=O) groups is 1. The highest BCUT2D eigenvalue weighted by atomic mass is 19.4.